The van der Waals surface area contributed by atoms with Gasteiger partial charge in [0.05, 0.1) is 29.4 Å². The predicted molar refractivity (Wildman–Crippen MR) is 120 cm³/mol. The molecule has 0 heterocycles. The van der Waals surface area contributed by atoms with E-state index in [0.29, 0.717) is 42.3 Å². The van der Waals surface area contributed by atoms with Crippen molar-refractivity contribution in [1.82, 2.24) is 0 Å². The van der Waals surface area contributed by atoms with E-state index in [9.17, 15) is 14.7 Å². The summed E-state index contributed by atoms with van der Waals surface area (Å²) < 4.78 is 11.5. The van der Waals surface area contributed by atoms with Crippen LogP contribution in [-0.4, -0.2) is 35.2 Å². The Bertz CT molecular complexity index is 961. The summed E-state index contributed by atoms with van der Waals surface area (Å²) in [5, 5.41) is 19.8. The molecule has 0 aliphatic heterocycles. The number of carbonyl (C=O) groups is 2. The number of hydrogen-bond donors (Lipinski definition) is 2. The number of ether oxygens (including phenoxy) is 2. The monoisotopic (exact) mass is 448 g/mol. The van der Waals surface area contributed by atoms with E-state index in [-0.39, 0.29) is 33.5 Å². The van der Waals surface area contributed by atoms with Crippen LogP contribution >= 0.6 is 11.6 Å². The Morgan fingerprint density at radius 3 is 2.32 bits per heavy atom. The minimum Gasteiger partial charge on any atom is -0.507 e. The number of Topliss-reactive ketones (excluding diaryl/α,β-unsaturated/α-hetero) is 1. The number of halogens is 1. The summed E-state index contributed by atoms with van der Waals surface area (Å²) in [6.45, 7) is 10.2. The summed E-state index contributed by atoms with van der Waals surface area (Å²) in [5.41, 5.74) is 0.622. The highest BCUT2D eigenvalue weighted by Gasteiger charge is 2.22. The molecule has 2 N–H and O–H groups in total. The number of carboxylic acid groups (broad SMARTS) is 1. The summed E-state index contributed by atoms with van der Waals surface area (Å²) in [4.78, 5) is 23.6. The molecule has 0 bridgehead atoms. The van der Waals surface area contributed by atoms with E-state index >= 15 is 0 Å². The van der Waals surface area contributed by atoms with Crippen LogP contribution in [0.3, 0.4) is 0 Å². The van der Waals surface area contributed by atoms with Gasteiger partial charge in [-0.1, -0.05) is 39.3 Å². The zero-order valence-electron chi connectivity index (χ0n) is 18.5. The van der Waals surface area contributed by atoms with Crippen molar-refractivity contribution in [1.29, 1.82) is 0 Å². The van der Waals surface area contributed by atoms with Crippen LogP contribution in [0.15, 0.2) is 30.3 Å². The third kappa shape index (κ3) is 6.89. The number of aromatic carboxylic acids is 1. The fourth-order valence-corrected chi connectivity index (χ4v) is 3.12. The molecule has 0 saturated carbocycles. The van der Waals surface area contributed by atoms with Gasteiger partial charge in [0, 0.05) is 17.9 Å². The number of aromatic hydroxyl groups is 1. The van der Waals surface area contributed by atoms with Gasteiger partial charge < -0.3 is 19.7 Å². The molecule has 0 aromatic heterocycles. The number of phenolic OH excluding ortho intramolecular Hbond substituents is 1. The van der Waals surface area contributed by atoms with Gasteiger partial charge in [-0.2, -0.15) is 0 Å². The average Bonchev–Trinajstić information content (AvgIpc) is 2.66. The topological polar surface area (TPSA) is 93.1 Å². The van der Waals surface area contributed by atoms with Crippen molar-refractivity contribution in [2.75, 3.05) is 13.2 Å². The molecule has 6 nitrogen and oxygen atoms in total. The van der Waals surface area contributed by atoms with Gasteiger partial charge in [-0.25, -0.2) is 4.79 Å². The Hall–Kier alpha value is -2.73. The maximum atomic E-state index is 12.5. The summed E-state index contributed by atoms with van der Waals surface area (Å²) in [6.07, 6.45) is 0.336. The molecule has 7 heteroatoms. The van der Waals surface area contributed by atoms with Gasteiger partial charge in [-0.15, -0.1) is 0 Å². The molecule has 0 amide bonds. The van der Waals surface area contributed by atoms with Crippen molar-refractivity contribution in [3.05, 3.63) is 52.0 Å². The molecule has 2 aromatic carbocycles. The third-order valence-electron chi connectivity index (χ3n) is 4.60. The molecule has 31 heavy (non-hydrogen) atoms. The molecular formula is C24H29ClO6. The summed E-state index contributed by atoms with van der Waals surface area (Å²) >= 11 is 5.86. The smallest absolute Gasteiger partial charge is 0.337 e. The van der Waals surface area contributed by atoms with Crippen LogP contribution in [-0.2, 0) is 0 Å². The summed E-state index contributed by atoms with van der Waals surface area (Å²) in [7, 11) is 0. The van der Waals surface area contributed by atoms with Crippen LogP contribution in [0.2, 0.25) is 5.02 Å². The zero-order chi connectivity index (χ0) is 23.3. The molecule has 2 aromatic rings. The van der Waals surface area contributed by atoms with Gasteiger partial charge in [0.1, 0.15) is 17.2 Å². The molecule has 168 valence electrons. The normalized spacial score (nSPS) is 12.3. The summed E-state index contributed by atoms with van der Waals surface area (Å²) in [5.74, 6) is -0.400. The van der Waals surface area contributed by atoms with Crippen LogP contribution in [0, 0.1) is 18.3 Å². The molecule has 1 atom stereocenters. The van der Waals surface area contributed by atoms with Gasteiger partial charge in [0.25, 0.3) is 0 Å². The van der Waals surface area contributed by atoms with Crippen molar-refractivity contribution >= 4 is 23.4 Å². The second kappa shape index (κ2) is 10.1. The fourth-order valence-electron chi connectivity index (χ4n) is 2.92. The molecule has 0 fully saturated rings. The Balaban J connectivity index is 1.97. The number of rotatable bonds is 9. The minimum atomic E-state index is -1.12. The number of hydrogen-bond acceptors (Lipinski definition) is 5. The summed E-state index contributed by atoms with van der Waals surface area (Å²) in [6, 6.07) is 7.76. The highest BCUT2D eigenvalue weighted by atomic mass is 35.5. The van der Waals surface area contributed by atoms with E-state index in [1.807, 2.05) is 27.7 Å². The molecular weight excluding hydrogens is 420 g/mol. The lowest BCUT2D eigenvalue weighted by molar-refractivity contribution is 0.0696. The molecule has 0 aliphatic rings. The lowest BCUT2D eigenvalue weighted by atomic mass is 9.87. The Morgan fingerprint density at radius 1 is 1.06 bits per heavy atom. The fraction of sp³-hybridized carbons (Fsp3) is 0.417. The van der Waals surface area contributed by atoms with E-state index in [1.165, 1.54) is 12.1 Å². The molecule has 0 unspecified atom stereocenters. The van der Waals surface area contributed by atoms with Crippen molar-refractivity contribution in [2.24, 2.45) is 11.3 Å². The molecule has 0 aliphatic carbocycles. The van der Waals surface area contributed by atoms with Crippen LogP contribution in [0.25, 0.3) is 0 Å². The predicted octanol–water partition coefficient (Wildman–Crippen LogP) is 5.77. The van der Waals surface area contributed by atoms with Crippen LogP contribution in [0.1, 0.15) is 60.4 Å². The number of benzene rings is 2. The second-order valence-electron chi connectivity index (χ2n) is 8.92. The first-order valence-electron chi connectivity index (χ1n) is 10.0. The Kier molecular flexibility index (Phi) is 7.96. The Morgan fingerprint density at radius 2 is 1.71 bits per heavy atom. The van der Waals surface area contributed by atoms with Crippen molar-refractivity contribution in [3.63, 3.8) is 0 Å². The molecule has 0 spiro atoms. The molecule has 0 radical (unpaired) electrons. The SMILES string of the molecule is Cc1c(OC[C@@H](C)COc2ccc(Cl)c(C(=O)O)c2)ccc(C(=O)CC(C)(C)C)c1O. The highest BCUT2D eigenvalue weighted by Crippen LogP contribution is 2.33. The van der Waals surface area contributed by atoms with Crippen molar-refractivity contribution in [2.45, 2.75) is 41.0 Å². The lowest BCUT2D eigenvalue weighted by Crippen LogP contribution is -2.17. The number of carbonyl (C=O) groups excluding carboxylic acids is 1. The number of carboxylic acids is 1. The quantitative estimate of drug-likeness (QED) is 0.473. The number of ketones is 1. The van der Waals surface area contributed by atoms with Gasteiger partial charge in [0.15, 0.2) is 5.78 Å². The van der Waals surface area contributed by atoms with E-state index < -0.39 is 5.97 Å². The van der Waals surface area contributed by atoms with Gasteiger partial charge in [-0.05, 0) is 42.7 Å². The van der Waals surface area contributed by atoms with Crippen molar-refractivity contribution < 1.29 is 29.3 Å². The lowest BCUT2D eigenvalue weighted by Gasteiger charge is -2.19. The van der Waals surface area contributed by atoms with Crippen LogP contribution in [0.5, 0.6) is 17.2 Å². The first-order valence-corrected chi connectivity index (χ1v) is 10.4. The maximum absolute atomic E-state index is 12.5. The first kappa shape index (κ1) is 24.5. The molecule has 2 rings (SSSR count). The third-order valence-corrected chi connectivity index (χ3v) is 4.93. The maximum Gasteiger partial charge on any atom is 0.337 e. The van der Waals surface area contributed by atoms with E-state index in [1.54, 1.807) is 25.1 Å². The van der Waals surface area contributed by atoms with E-state index in [2.05, 4.69) is 0 Å². The van der Waals surface area contributed by atoms with Gasteiger partial charge >= 0.3 is 5.97 Å². The highest BCUT2D eigenvalue weighted by molar-refractivity contribution is 6.33. The van der Waals surface area contributed by atoms with Gasteiger partial charge in [0.2, 0.25) is 0 Å². The van der Waals surface area contributed by atoms with E-state index in [0.717, 1.165) is 0 Å². The van der Waals surface area contributed by atoms with Gasteiger partial charge in [-0.3, -0.25) is 4.79 Å². The first-order chi connectivity index (χ1) is 14.4. The minimum absolute atomic E-state index is 0.0183. The number of phenols is 1. The largest absolute Gasteiger partial charge is 0.507 e. The van der Waals surface area contributed by atoms with Crippen LogP contribution in [0.4, 0.5) is 0 Å². The van der Waals surface area contributed by atoms with Crippen molar-refractivity contribution in [3.8, 4) is 17.2 Å². The second-order valence-corrected chi connectivity index (χ2v) is 9.33. The average molecular weight is 449 g/mol. The van der Waals surface area contributed by atoms with E-state index in [4.69, 9.17) is 26.2 Å². The molecule has 0 saturated heterocycles. The Labute approximate surface area is 187 Å². The van der Waals surface area contributed by atoms with Crippen LogP contribution < -0.4 is 9.47 Å². The standard InChI is InChI=1S/C24H29ClO6/c1-14(12-30-16-6-8-19(25)18(10-16)23(28)29)13-31-21-9-7-17(22(27)15(21)2)20(26)11-24(3,4)5/h6-10,14,27H,11-13H2,1-5H3,(H,28,29)/t14-/m0/s1. The zero-order valence-corrected chi connectivity index (χ0v) is 19.2.